The minimum atomic E-state index is -1.11. The zero-order valence-corrected chi connectivity index (χ0v) is 17.4. The minimum absolute atomic E-state index is 0.0535. The van der Waals surface area contributed by atoms with Crippen molar-refractivity contribution in [3.05, 3.63) is 40.0 Å². The van der Waals surface area contributed by atoms with E-state index in [4.69, 9.17) is 18.9 Å². The standard InChI is InChI=1S/C20H17BrN2O6/c1-26-10-4-9(5-11(6-10)27-2)15-18-12(7-14(21)19(15)28-3)16-13(8-29-18)17(20(24)25)23-22-16/h4-7H,8H2,1-3H3,(H,22,23)(H,24,25). The Balaban J connectivity index is 2.01. The summed E-state index contributed by atoms with van der Waals surface area (Å²) in [7, 11) is 4.72. The molecule has 0 atom stereocenters. The molecule has 0 saturated carbocycles. The Morgan fingerprint density at radius 1 is 1.14 bits per heavy atom. The molecule has 29 heavy (non-hydrogen) atoms. The van der Waals surface area contributed by atoms with Crippen LogP contribution < -0.4 is 18.9 Å². The fourth-order valence-electron chi connectivity index (χ4n) is 3.41. The van der Waals surface area contributed by atoms with Crippen LogP contribution in [0.4, 0.5) is 0 Å². The van der Waals surface area contributed by atoms with E-state index in [0.717, 1.165) is 5.56 Å². The van der Waals surface area contributed by atoms with Crippen molar-refractivity contribution in [2.45, 2.75) is 6.61 Å². The molecule has 0 saturated heterocycles. The predicted octanol–water partition coefficient (Wildman–Crippen LogP) is 4.12. The number of ether oxygens (including phenoxy) is 4. The Kier molecular flexibility index (Phi) is 4.83. The van der Waals surface area contributed by atoms with Gasteiger partial charge in [-0.3, -0.25) is 5.10 Å². The van der Waals surface area contributed by atoms with Gasteiger partial charge in [0.15, 0.2) is 5.69 Å². The van der Waals surface area contributed by atoms with Crippen LogP contribution in [0.25, 0.3) is 22.4 Å². The summed E-state index contributed by atoms with van der Waals surface area (Å²) < 4.78 is 23.1. The van der Waals surface area contributed by atoms with Gasteiger partial charge in [0.25, 0.3) is 0 Å². The first kappa shape index (κ1) is 19.1. The first-order valence-electron chi connectivity index (χ1n) is 8.56. The molecule has 0 radical (unpaired) electrons. The van der Waals surface area contributed by atoms with Crippen LogP contribution in [0.2, 0.25) is 0 Å². The number of nitrogens with zero attached hydrogens (tertiary/aromatic N) is 1. The van der Waals surface area contributed by atoms with Gasteiger partial charge >= 0.3 is 5.97 Å². The highest BCUT2D eigenvalue weighted by Gasteiger charge is 2.31. The van der Waals surface area contributed by atoms with Crippen molar-refractivity contribution in [2.24, 2.45) is 0 Å². The molecule has 0 amide bonds. The van der Waals surface area contributed by atoms with Crippen LogP contribution in [0.15, 0.2) is 28.7 Å². The first-order valence-corrected chi connectivity index (χ1v) is 9.35. The third kappa shape index (κ3) is 3.07. The fraction of sp³-hybridized carbons (Fsp3) is 0.200. The van der Waals surface area contributed by atoms with Gasteiger partial charge in [-0.2, -0.15) is 5.10 Å². The molecular formula is C20H17BrN2O6. The lowest BCUT2D eigenvalue weighted by Crippen LogP contribution is -2.10. The molecule has 0 aliphatic carbocycles. The Morgan fingerprint density at radius 2 is 1.83 bits per heavy atom. The number of rotatable bonds is 5. The second kappa shape index (κ2) is 7.32. The van der Waals surface area contributed by atoms with Crippen molar-refractivity contribution >= 4 is 21.9 Å². The number of methoxy groups -OCH3 is 3. The average Bonchev–Trinajstić information content (AvgIpc) is 3.17. The molecule has 1 aliphatic heterocycles. The maximum Gasteiger partial charge on any atom is 0.356 e. The van der Waals surface area contributed by atoms with E-state index in [-0.39, 0.29) is 12.3 Å². The molecule has 0 fully saturated rings. The molecular weight excluding hydrogens is 444 g/mol. The van der Waals surface area contributed by atoms with Crippen molar-refractivity contribution in [2.75, 3.05) is 21.3 Å². The Hall–Kier alpha value is -3.20. The third-order valence-corrected chi connectivity index (χ3v) is 5.32. The summed E-state index contributed by atoms with van der Waals surface area (Å²) in [4.78, 5) is 11.4. The lowest BCUT2D eigenvalue weighted by Gasteiger charge is -2.24. The van der Waals surface area contributed by atoms with E-state index in [1.54, 1.807) is 27.4 Å². The van der Waals surface area contributed by atoms with Crippen LogP contribution >= 0.6 is 15.9 Å². The number of aromatic nitrogens is 2. The highest BCUT2D eigenvalue weighted by molar-refractivity contribution is 9.10. The maximum atomic E-state index is 11.4. The average molecular weight is 461 g/mol. The predicted molar refractivity (Wildman–Crippen MR) is 108 cm³/mol. The normalized spacial score (nSPS) is 11.9. The van der Waals surface area contributed by atoms with Crippen LogP contribution in [0.5, 0.6) is 23.0 Å². The van der Waals surface area contributed by atoms with Crippen molar-refractivity contribution in [1.29, 1.82) is 0 Å². The number of nitrogens with one attached hydrogen (secondary N) is 1. The largest absolute Gasteiger partial charge is 0.497 e. The second-order valence-electron chi connectivity index (χ2n) is 6.26. The Bertz CT molecular complexity index is 1100. The SMILES string of the molecule is COc1cc(OC)cc(-c2c(OC)c(Br)cc3c2OCc2c(C(=O)O)n[nH]c2-3)c1. The van der Waals surface area contributed by atoms with Gasteiger partial charge < -0.3 is 24.1 Å². The summed E-state index contributed by atoms with van der Waals surface area (Å²) in [5.41, 5.74) is 3.17. The van der Waals surface area contributed by atoms with Crippen LogP contribution in [0.3, 0.4) is 0 Å². The zero-order valence-electron chi connectivity index (χ0n) is 15.8. The summed E-state index contributed by atoms with van der Waals surface area (Å²) in [5, 5.41) is 16.1. The Labute approximate surface area is 174 Å². The molecule has 2 aromatic carbocycles. The van der Waals surface area contributed by atoms with Gasteiger partial charge in [0, 0.05) is 11.6 Å². The molecule has 0 unspecified atom stereocenters. The zero-order chi connectivity index (χ0) is 20.7. The second-order valence-corrected chi connectivity index (χ2v) is 7.12. The molecule has 0 bridgehead atoms. The summed E-state index contributed by atoms with van der Waals surface area (Å²) in [5.74, 6) is 1.23. The first-order chi connectivity index (χ1) is 14.0. The van der Waals surface area contributed by atoms with Gasteiger partial charge in [0.2, 0.25) is 0 Å². The number of benzene rings is 2. The smallest absolute Gasteiger partial charge is 0.356 e. The monoisotopic (exact) mass is 460 g/mol. The highest BCUT2D eigenvalue weighted by Crippen LogP contribution is 2.52. The Morgan fingerprint density at radius 3 is 2.41 bits per heavy atom. The highest BCUT2D eigenvalue weighted by atomic mass is 79.9. The van der Waals surface area contributed by atoms with Crippen molar-refractivity contribution < 1.29 is 28.8 Å². The van der Waals surface area contributed by atoms with Crippen LogP contribution in [-0.2, 0) is 6.61 Å². The lowest BCUT2D eigenvalue weighted by atomic mass is 9.95. The third-order valence-electron chi connectivity index (χ3n) is 4.73. The van der Waals surface area contributed by atoms with Gasteiger partial charge in [-0.05, 0) is 39.7 Å². The molecule has 9 heteroatoms. The molecule has 2 heterocycles. The number of carbonyl (C=O) groups is 1. The van der Waals surface area contributed by atoms with Gasteiger partial charge in [-0.1, -0.05) is 0 Å². The van der Waals surface area contributed by atoms with Gasteiger partial charge in [-0.15, -0.1) is 0 Å². The molecule has 150 valence electrons. The maximum absolute atomic E-state index is 11.4. The molecule has 2 N–H and O–H groups in total. The molecule has 8 nitrogen and oxygen atoms in total. The van der Waals surface area contributed by atoms with E-state index in [9.17, 15) is 9.90 Å². The quantitative estimate of drug-likeness (QED) is 0.589. The van der Waals surface area contributed by atoms with Crippen LogP contribution in [0, 0.1) is 0 Å². The summed E-state index contributed by atoms with van der Waals surface area (Å²) in [6, 6.07) is 7.29. The lowest BCUT2D eigenvalue weighted by molar-refractivity contribution is 0.0687. The van der Waals surface area contributed by atoms with E-state index in [2.05, 4.69) is 26.1 Å². The number of carboxylic acids is 1. The van der Waals surface area contributed by atoms with Gasteiger partial charge in [-0.25, -0.2) is 4.79 Å². The molecule has 1 aromatic heterocycles. The summed E-state index contributed by atoms with van der Waals surface area (Å²) in [6.45, 7) is 0.0688. The number of aromatic amines is 1. The fourth-order valence-corrected chi connectivity index (χ4v) is 4.00. The number of carboxylic acid groups (broad SMARTS) is 1. The van der Waals surface area contributed by atoms with E-state index in [0.29, 0.717) is 49.9 Å². The van der Waals surface area contributed by atoms with Crippen molar-refractivity contribution in [3.8, 4) is 45.4 Å². The minimum Gasteiger partial charge on any atom is -0.497 e. The van der Waals surface area contributed by atoms with E-state index < -0.39 is 5.97 Å². The topological polar surface area (TPSA) is 103 Å². The van der Waals surface area contributed by atoms with Crippen LogP contribution in [-0.4, -0.2) is 42.6 Å². The van der Waals surface area contributed by atoms with Gasteiger partial charge in [0.05, 0.1) is 42.6 Å². The van der Waals surface area contributed by atoms with E-state index in [1.165, 1.54) is 0 Å². The van der Waals surface area contributed by atoms with Crippen molar-refractivity contribution in [1.82, 2.24) is 10.2 Å². The van der Waals surface area contributed by atoms with E-state index in [1.807, 2.05) is 18.2 Å². The molecule has 4 rings (SSSR count). The number of aromatic carboxylic acids is 1. The van der Waals surface area contributed by atoms with Gasteiger partial charge in [0.1, 0.15) is 29.6 Å². The summed E-state index contributed by atoms with van der Waals surface area (Å²) >= 11 is 3.55. The number of fused-ring (bicyclic) bond motifs is 3. The molecule has 0 spiro atoms. The molecule has 3 aromatic rings. The molecule has 1 aliphatic rings. The summed E-state index contributed by atoms with van der Waals surface area (Å²) in [6.07, 6.45) is 0. The number of hydrogen-bond acceptors (Lipinski definition) is 6. The number of halogens is 1. The number of hydrogen-bond donors (Lipinski definition) is 2. The van der Waals surface area contributed by atoms with E-state index >= 15 is 0 Å². The number of H-pyrrole nitrogens is 1. The van der Waals surface area contributed by atoms with Crippen LogP contribution in [0.1, 0.15) is 16.1 Å². The van der Waals surface area contributed by atoms with Crippen molar-refractivity contribution in [3.63, 3.8) is 0 Å².